The van der Waals surface area contributed by atoms with Crippen LogP contribution in [0.5, 0.6) is 0 Å². The van der Waals surface area contributed by atoms with E-state index in [-0.39, 0.29) is 10.9 Å². The minimum Gasteiger partial charge on any atom is -0.467 e. The number of rotatable bonds is 6. The summed E-state index contributed by atoms with van der Waals surface area (Å²) in [6, 6.07) is 6.99. The second-order valence-electron chi connectivity index (χ2n) is 4.80. The molecule has 0 bridgehead atoms. The Morgan fingerprint density at radius 1 is 1.29 bits per heavy atom. The lowest BCUT2D eigenvalue weighted by Gasteiger charge is -2.40. The molecule has 1 aliphatic heterocycles. The molecule has 0 radical (unpaired) electrons. The summed E-state index contributed by atoms with van der Waals surface area (Å²) in [4.78, 5) is 40.3. The van der Waals surface area contributed by atoms with Crippen molar-refractivity contribution >= 4 is 28.1 Å². The maximum absolute atomic E-state index is 12.0. The maximum atomic E-state index is 12.0. The highest BCUT2D eigenvalue weighted by molar-refractivity contribution is 7.84. The molecule has 2 rings (SSSR count). The minimum atomic E-state index is -4.99. The minimum absolute atomic E-state index is 0.00159. The summed E-state index contributed by atoms with van der Waals surface area (Å²) >= 11 is 0. The SMILES string of the molecule is COC(=O)C1C(C(=O)NOCc2ccccc2)C(=O)N1S(=O)(=O)O. The molecular weight excluding hydrogens is 344 g/mol. The van der Waals surface area contributed by atoms with Crippen LogP contribution in [0.1, 0.15) is 5.56 Å². The average Bonchev–Trinajstić information content (AvgIpc) is 2.51. The third-order valence-electron chi connectivity index (χ3n) is 3.28. The van der Waals surface area contributed by atoms with Gasteiger partial charge in [-0.15, -0.1) is 0 Å². The van der Waals surface area contributed by atoms with Gasteiger partial charge in [-0.2, -0.15) is 8.42 Å². The number of hydrogen-bond acceptors (Lipinski definition) is 7. The van der Waals surface area contributed by atoms with Crippen molar-refractivity contribution < 1.29 is 36.9 Å². The highest BCUT2D eigenvalue weighted by Gasteiger charge is 2.61. The second kappa shape index (κ2) is 6.95. The summed E-state index contributed by atoms with van der Waals surface area (Å²) in [5, 5.41) is 0. The van der Waals surface area contributed by atoms with Gasteiger partial charge in [-0.1, -0.05) is 30.3 Å². The van der Waals surface area contributed by atoms with Crippen molar-refractivity contribution in [3.63, 3.8) is 0 Å². The first-order chi connectivity index (χ1) is 11.3. The summed E-state index contributed by atoms with van der Waals surface area (Å²) in [7, 11) is -4.03. The molecule has 1 heterocycles. The van der Waals surface area contributed by atoms with E-state index in [9.17, 15) is 22.8 Å². The van der Waals surface area contributed by atoms with Gasteiger partial charge in [0.2, 0.25) is 0 Å². The molecule has 2 atom stereocenters. The van der Waals surface area contributed by atoms with Crippen LogP contribution < -0.4 is 5.48 Å². The summed E-state index contributed by atoms with van der Waals surface area (Å²) in [5.74, 6) is -5.11. The number of methoxy groups -OCH3 is 1. The number of β-lactam (4-membered cyclic amide) rings is 1. The molecule has 130 valence electrons. The van der Waals surface area contributed by atoms with E-state index in [1.807, 2.05) is 5.48 Å². The fraction of sp³-hybridized carbons (Fsp3) is 0.308. The quantitative estimate of drug-likeness (QED) is 0.218. The standard InChI is InChI=1S/C13H14N2O8S/c1-22-13(18)10-9(12(17)15(10)24(19,20)21)11(16)14-23-7-8-5-3-2-4-6-8/h2-6,9-10H,7H2,1H3,(H,14,16)(H,19,20,21). The van der Waals surface area contributed by atoms with E-state index in [2.05, 4.69) is 4.74 Å². The highest BCUT2D eigenvalue weighted by Crippen LogP contribution is 2.30. The Bertz CT molecular complexity index is 748. The Balaban J connectivity index is 2.02. The van der Waals surface area contributed by atoms with Crippen LogP contribution in [-0.4, -0.2) is 48.2 Å². The lowest BCUT2D eigenvalue weighted by atomic mass is 9.90. The van der Waals surface area contributed by atoms with Gasteiger partial charge in [-0.05, 0) is 5.56 Å². The zero-order valence-corrected chi connectivity index (χ0v) is 13.2. The third-order valence-corrected chi connectivity index (χ3v) is 4.18. The summed E-state index contributed by atoms with van der Waals surface area (Å²) in [5.41, 5.74) is 2.71. The van der Waals surface area contributed by atoms with Crippen molar-refractivity contribution in [2.45, 2.75) is 12.6 Å². The molecule has 2 unspecified atom stereocenters. The number of carbonyl (C=O) groups is 3. The molecule has 0 aliphatic carbocycles. The number of carbonyl (C=O) groups excluding carboxylic acids is 3. The molecule has 11 heteroatoms. The number of nitrogens with zero attached hydrogens (tertiary/aromatic N) is 1. The van der Waals surface area contributed by atoms with Crippen molar-refractivity contribution in [1.82, 2.24) is 9.79 Å². The Morgan fingerprint density at radius 2 is 1.92 bits per heavy atom. The Hall–Kier alpha value is -2.50. The first-order valence-electron chi connectivity index (χ1n) is 6.61. The predicted octanol–water partition coefficient (Wildman–Crippen LogP) is -0.963. The van der Waals surface area contributed by atoms with Gasteiger partial charge in [-0.3, -0.25) is 19.0 Å². The van der Waals surface area contributed by atoms with E-state index in [1.165, 1.54) is 0 Å². The molecule has 2 N–H and O–H groups in total. The Morgan fingerprint density at radius 3 is 2.46 bits per heavy atom. The van der Waals surface area contributed by atoms with Crippen molar-refractivity contribution in [2.24, 2.45) is 5.92 Å². The van der Waals surface area contributed by atoms with Crippen LogP contribution in [0.3, 0.4) is 0 Å². The largest absolute Gasteiger partial charge is 0.467 e. The molecule has 0 spiro atoms. The van der Waals surface area contributed by atoms with E-state index in [4.69, 9.17) is 9.39 Å². The molecule has 1 aromatic rings. The van der Waals surface area contributed by atoms with Crippen LogP contribution in [0.25, 0.3) is 0 Å². The van der Waals surface area contributed by atoms with E-state index in [0.717, 1.165) is 12.7 Å². The lowest BCUT2D eigenvalue weighted by molar-refractivity contribution is -0.172. The third kappa shape index (κ3) is 3.53. The van der Waals surface area contributed by atoms with Crippen molar-refractivity contribution in [3.05, 3.63) is 35.9 Å². The van der Waals surface area contributed by atoms with Crippen LogP contribution in [-0.2, 0) is 40.9 Å². The molecular formula is C13H14N2O8S. The van der Waals surface area contributed by atoms with Gasteiger partial charge in [0.25, 0.3) is 11.8 Å². The van der Waals surface area contributed by atoms with Crippen molar-refractivity contribution in [1.29, 1.82) is 0 Å². The smallest absolute Gasteiger partial charge is 0.363 e. The van der Waals surface area contributed by atoms with E-state index in [1.54, 1.807) is 30.3 Å². The molecule has 1 aromatic carbocycles. The first-order valence-corrected chi connectivity index (χ1v) is 8.01. The first kappa shape index (κ1) is 17.8. The molecule has 0 saturated carbocycles. The second-order valence-corrected chi connectivity index (χ2v) is 6.09. The molecule has 1 saturated heterocycles. The molecule has 1 fully saturated rings. The van der Waals surface area contributed by atoms with Crippen LogP contribution in [0.2, 0.25) is 0 Å². The normalized spacial score (nSPS) is 20.2. The van der Waals surface area contributed by atoms with Crippen LogP contribution in [0.4, 0.5) is 0 Å². The lowest BCUT2D eigenvalue weighted by Crippen LogP contribution is -2.69. The van der Waals surface area contributed by atoms with Gasteiger partial charge in [0.1, 0.15) is 0 Å². The Labute approximate surface area is 137 Å². The molecule has 1 aliphatic rings. The zero-order chi connectivity index (χ0) is 17.9. The number of ether oxygens (including phenoxy) is 1. The fourth-order valence-electron chi connectivity index (χ4n) is 2.16. The Kier molecular flexibility index (Phi) is 5.17. The average molecular weight is 358 g/mol. The van der Waals surface area contributed by atoms with Gasteiger partial charge in [-0.25, -0.2) is 14.6 Å². The number of hydroxylamine groups is 1. The summed E-state index contributed by atoms with van der Waals surface area (Å²) < 4.78 is 35.4. The van der Waals surface area contributed by atoms with Crippen molar-refractivity contribution in [2.75, 3.05) is 7.11 Å². The van der Waals surface area contributed by atoms with E-state index >= 15 is 0 Å². The predicted molar refractivity (Wildman–Crippen MR) is 77.1 cm³/mol. The molecule has 10 nitrogen and oxygen atoms in total. The number of amides is 2. The van der Waals surface area contributed by atoms with Crippen LogP contribution >= 0.6 is 0 Å². The number of nitrogens with one attached hydrogen (secondary N) is 1. The summed E-state index contributed by atoms with van der Waals surface area (Å²) in [6.45, 7) is -0.00159. The van der Waals surface area contributed by atoms with E-state index < -0.39 is 40.0 Å². The van der Waals surface area contributed by atoms with Gasteiger partial charge in [0, 0.05) is 0 Å². The molecule has 0 aromatic heterocycles. The van der Waals surface area contributed by atoms with Crippen LogP contribution in [0.15, 0.2) is 30.3 Å². The van der Waals surface area contributed by atoms with Gasteiger partial charge in [0.15, 0.2) is 12.0 Å². The summed E-state index contributed by atoms with van der Waals surface area (Å²) in [6.07, 6.45) is 0. The topological polar surface area (TPSA) is 139 Å². The van der Waals surface area contributed by atoms with E-state index in [0.29, 0.717) is 0 Å². The number of hydrogen-bond donors (Lipinski definition) is 2. The highest BCUT2D eigenvalue weighted by atomic mass is 32.2. The van der Waals surface area contributed by atoms with Crippen molar-refractivity contribution in [3.8, 4) is 0 Å². The van der Waals surface area contributed by atoms with Gasteiger partial charge in [0.05, 0.1) is 13.7 Å². The molecule has 24 heavy (non-hydrogen) atoms. The van der Waals surface area contributed by atoms with Gasteiger partial charge >= 0.3 is 16.3 Å². The number of esters is 1. The van der Waals surface area contributed by atoms with Gasteiger partial charge < -0.3 is 4.74 Å². The molecule has 2 amide bonds. The monoisotopic (exact) mass is 358 g/mol. The van der Waals surface area contributed by atoms with Crippen LogP contribution in [0, 0.1) is 5.92 Å². The zero-order valence-electron chi connectivity index (χ0n) is 12.4. The maximum Gasteiger partial charge on any atom is 0.363 e. The fourth-order valence-corrected chi connectivity index (χ4v) is 2.99. The number of benzene rings is 1.